The van der Waals surface area contributed by atoms with Gasteiger partial charge in [0.15, 0.2) is 0 Å². The first-order chi connectivity index (χ1) is 6.56. The first-order valence-electron chi connectivity index (χ1n) is 3.89. The lowest BCUT2D eigenvalue weighted by molar-refractivity contribution is -0.385. The van der Waals surface area contributed by atoms with Crippen molar-refractivity contribution < 1.29 is 9.31 Å². The van der Waals surface area contributed by atoms with Crippen molar-refractivity contribution in [1.82, 2.24) is 0 Å². The molecular formula is C9H8BrFNO2. The molecule has 3 nitrogen and oxygen atoms in total. The van der Waals surface area contributed by atoms with Crippen LogP contribution in [0.3, 0.4) is 0 Å². The van der Waals surface area contributed by atoms with E-state index in [-0.39, 0.29) is 5.69 Å². The van der Waals surface area contributed by atoms with Crippen molar-refractivity contribution in [2.24, 2.45) is 0 Å². The number of hydrogen-bond acceptors (Lipinski definition) is 2. The van der Waals surface area contributed by atoms with Gasteiger partial charge in [0.1, 0.15) is 0 Å². The molecule has 0 N–H and O–H groups in total. The normalized spacial score (nSPS) is 12.5. The van der Waals surface area contributed by atoms with Gasteiger partial charge in [-0.2, -0.15) is 0 Å². The fraction of sp³-hybridized carbons (Fsp3) is 0.222. The van der Waals surface area contributed by atoms with E-state index in [4.69, 9.17) is 0 Å². The molecule has 0 heterocycles. The van der Waals surface area contributed by atoms with Crippen LogP contribution in [0.5, 0.6) is 0 Å². The molecule has 0 saturated carbocycles. The third kappa shape index (κ3) is 2.29. The van der Waals surface area contributed by atoms with Crippen LogP contribution >= 0.6 is 15.9 Å². The summed E-state index contributed by atoms with van der Waals surface area (Å²) in [5.41, 5.74) is 0.616. The molecule has 0 amide bonds. The lowest BCUT2D eigenvalue weighted by Gasteiger charge is -2.06. The molecule has 1 atom stereocenters. The van der Waals surface area contributed by atoms with Crippen LogP contribution in [-0.4, -0.2) is 11.6 Å². The lowest BCUT2D eigenvalue weighted by atomic mass is 10.0. The average molecular weight is 261 g/mol. The van der Waals surface area contributed by atoms with Crippen LogP contribution in [0.1, 0.15) is 11.5 Å². The molecule has 0 saturated heterocycles. The smallest absolute Gasteiger partial charge is 0.258 e. The lowest BCUT2D eigenvalue weighted by Crippen LogP contribution is -1.97. The highest BCUT2D eigenvalue weighted by Gasteiger charge is 2.14. The number of halogens is 2. The number of nitro benzene ring substituents is 1. The van der Waals surface area contributed by atoms with Crippen LogP contribution in [0.2, 0.25) is 0 Å². The molecular weight excluding hydrogens is 253 g/mol. The van der Waals surface area contributed by atoms with Crippen LogP contribution in [0.15, 0.2) is 22.7 Å². The quantitative estimate of drug-likeness (QED) is 0.619. The predicted octanol–water partition coefficient (Wildman–Crippen LogP) is 3.24. The Morgan fingerprint density at radius 2 is 2.29 bits per heavy atom. The highest BCUT2D eigenvalue weighted by Crippen LogP contribution is 2.28. The molecule has 0 aromatic heterocycles. The maximum absolute atomic E-state index is 12.3. The van der Waals surface area contributed by atoms with Gasteiger partial charge in [0.2, 0.25) is 0 Å². The highest BCUT2D eigenvalue weighted by molar-refractivity contribution is 9.10. The van der Waals surface area contributed by atoms with Gasteiger partial charge in [0, 0.05) is 12.0 Å². The van der Waals surface area contributed by atoms with E-state index in [0.717, 1.165) is 0 Å². The summed E-state index contributed by atoms with van der Waals surface area (Å²) in [6.07, 6.45) is 0. The van der Waals surface area contributed by atoms with Gasteiger partial charge < -0.3 is 0 Å². The molecule has 5 heteroatoms. The number of alkyl halides is 1. The molecule has 0 aliphatic rings. The Morgan fingerprint density at radius 1 is 1.64 bits per heavy atom. The van der Waals surface area contributed by atoms with Crippen molar-refractivity contribution in [2.75, 3.05) is 6.67 Å². The Morgan fingerprint density at radius 3 is 2.71 bits per heavy atom. The first-order valence-corrected chi connectivity index (χ1v) is 4.68. The number of nitrogens with zero attached hydrogens (tertiary/aromatic N) is 1. The molecule has 1 unspecified atom stereocenters. The predicted molar refractivity (Wildman–Crippen MR) is 54.9 cm³/mol. The van der Waals surface area contributed by atoms with Crippen LogP contribution in [-0.2, 0) is 0 Å². The molecule has 1 aromatic carbocycles. The Labute approximate surface area is 89.2 Å². The molecule has 0 bridgehead atoms. The van der Waals surface area contributed by atoms with Gasteiger partial charge in [0.25, 0.3) is 5.69 Å². The fourth-order valence-electron chi connectivity index (χ4n) is 1.01. The van der Waals surface area contributed by atoms with Crippen molar-refractivity contribution in [3.63, 3.8) is 0 Å². The monoisotopic (exact) mass is 260 g/mol. The summed E-state index contributed by atoms with van der Waals surface area (Å²) in [6, 6.07) is 4.38. The van der Waals surface area contributed by atoms with Crippen LogP contribution in [0.25, 0.3) is 0 Å². The Bertz CT molecular complexity index is 357. The number of hydrogen-bond donors (Lipinski definition) is 0. The summed E-state index contributed by atoms with van der Waals surface area (Å²) in [6.45, 7) is 3.00. The molecule has 1 aromatic rings. The van der Waals surface area contributed by atoms with E-state index in [2.05, 4.69) is 22.9 Å². The van der Waals surface area contributed by atoms with Crippen molar-refractivity contribution >= 4 is 21.6 Å². The van der Waals surface area contributed by atoms with Crippen LogP contribution < -0.4 is 0 Å². The first kappa shape index (κ1) is 11.1. The van der Waals surface area contributed by atoms with Crippen molar-refractivity contribution in [2.45, 2.75) is 5.92 Å². The third-order valence-corrected chi connectivity index (χ3v) is 2.46. The Kier molecular flexibility index (Phi) is 3.57. The minimum absolute atomic E-state index is 0.0280. The van der Waals surface area contributed by atoms with Gasteiger partial charge in [-0.05, 0) is 34.5 Å². The van der Waals surface area contributed by atoms with E-state index in [0.29, 0.717) is 10.0 Å². The Balaban J connectivity index is 3.06. The summed E-state index contributed by atoms with van der Waals surface area (Å²) in [4.78, 5) is 9.96. The van der Waals surface area contributed by atoms with Gasteiger partial charge in [-0.25, -0.2) is 0 Å². The van der Waals surface area contributed by atoms with Crippen LogP contribution in [0.4, 0.5) is 10.1 Å². The summed E-state index contributed by atoms with van der Waals surface area (Å²) < 4.78 is 12.6. The van der Waals surface area contributed by atoms with Crippen molar-refractivity contribution in [3.8, 4) is 0 Å². The van der Waals surface area contributed by atoms with E-state index in [1.54, 1.807) is 0 Å². The van der Waals surface area contributed by atoms with E-state index in [9.17, 15) is 14.5 Å². The molecule has 0 fully saturated rings. The molecule has 1 radical (unpaired) electrons. The molecule has 14 heavy (non-hydrogen) atoms. The van der Waals surface area contributed by atoms with Crippen molar-refractivity contribution in [3.05, 3.63) is 45.3 Å². The zero-order valence-electron chi connectivity index (χ0n) is 7.24. The fourth-order valence-corrected chi connectivity index (χ4v) is 1.56. The molecule has 0 spiro atoms. The molecule has 0 aliphatic heterocycles. The number of rotatable bonds is 3. The summed E-state index contributed by atoms with van der Waals surface area (Å²) >= 11 is 3.05. The standard InChI is InChI=1S/C9H8BrFNO2/c1-6(5-11)7-2-3-9(12(13)14)8(10)4-7/h2-4,6H,1,5H2. The maximum atomic E-state index is 12.3. The van der Waals surface area contributed by atoms with Gasteiger partial charge in [-0.3, -0.25) is 14.5 Å². The van der Waals surface area contributed by atoms with Crippen molar-refractivity contribution in [1.29, 1.82) is 0 Å². The third-order valence-electron chi connectivity index (χ3n) is 1.83. The Hall–Kier alpha value is -0.970. The SMILES string of the molecule is [CH2]C(CF)c1ccc([N+](=O)[O-])c(Br)c1. The summed E-state index contributed by atoms with van der Waals surface area (Å²) in [5.74, 6) is -0.480. The summed E-state index contributed by atoms with van der Waals surface area (Å²) in [7, 11) is 0. The summed E-state index contributed by atoms with van der Waals surface area (Å²) in [5, 5.41) is 10.5. The number of nitro groups is 1. The van der Waals surface area contributed by atoms with Gasteiger partial charge in [0.05, 0.1) is 16.1 Å². The van der Waals surface area contributed by atoms with Gasteiger partial charge >= 0.3 is 0 Å². The van der Waals surface area contributed by atoms with E-state index in [1.807, 2.05) is 0 Å². The number of benzene rings is 1. The minimum atomic E-state index is -0.579. The second-order valence-corrected chi connectivity index (χ2v) is 3.67. The molecule has 0 aliphatic carbocycles. The topological polar surface area (TPSA) is 43.1 Å². The van der Waals surface area contributed by atoms with E-state index in [1.165, 1.54) is 18.2 Å². The van der Waals surface area contributed by atoms with E-state index >= 15 is 0 Å². The second kappa shape index (κ2) is 4.50. The minimum Gasteiger partial charge on any atom is -0.258 e. The maximum Gasteiger partial charge on any atom is 0.283 e. The zero-order valence-corrected chi connectivity index (χ0v) is 8.83. The van der Waals surface area contributed by atoms with Gasteiger partial charge in [-0.15, -0.1) is 0 Å². The van der Waals surface area contributed by atoms with Crippen LogP contribution in [0, 0.1) is 17.0 Å². The molecule has 75 valence electrons. The molecule has 1 rings (SSSR count). The van der Waals surface area contributed by atoms with E-state index < -0.39 is 17.5 Å². The average Bonchev–Trinajstić information content (AvgIpc) is 2.15. The van der Waals surface area contributed by atoms with Gasteiger partial charge in [-0.1, -0.05) is 6.07 Å². The highest BCUT2D eigenvalue weighted by atomic mass is 79.9. The largest absolute Gasteiger partial charge is 0.283 e. The second-order valence-electron chi connectivity index (χ2n) is 2.82. The zero-order chi connectivity index (χ0) is 10.7.